The van der Waals surface area contributed by atoms with Gasteiger partial charge in [-0.25, -0.2) is 18.1 Å². The van der Waals surface area contributed by atoms with Gasteiger partial charge in [-0.05, 0) is 43.2 Å². The highest BCUT2D eigenvalue weighted by Crippen LogP contribution is 2.45. The molecule has 344 valence electrons. The van der Waals surface area contributed by atoms with E-state index < -0.39 is 63.2 Å². The maximum absolute atomic E-state index is 14.8. The Labute approximate surface area is 383 Å². The number of ketones is 1. The molecule has 1 saturated carbocycles. The molecular weight excluding hydrogens is 865 g/mol. The van der Waals surface area contributed by atoms with E-state index in [1.54, 1.807) is 37.4 Å². The zero-order chi connectivity index (χ0) is 47.6. The number of ether oxygens (including phenoxy) is 2. The molecule has 1 aliphatic carbocycles. The molecule has 2 heterocycles. The molecule has 16 nitrogen and oxygen atoms in total. The van der Waals surface area contributed by atoms with Crippen LogP contribution in [0.15, 0.2) is 115 Å². The van der Waals surface area contributed by atoms with Crippen LogP contribution in [0.2, 0.25) is 0 Å². The minimum Gasteiger partial charge on any atom is -0.497 e. The van der Waals surface area contributed by atoms with Crippen LogP contribution in [0.5, 0.6) is 11.5 Å². The molecule has 66 heavy (non-hydrogen) atoms. The third kappa shape index (κ3) is 11.3. The second-order valence-electron chi connectivity index (χ2n) is 16.2. The van der Waals surface area contributed by atoms with Crippen molar-refractivity contribution in [3.05, 3.63) is 110 Å². The Morgan fingerprint density at radius 2 is 1.73 bits per heavy atom. The van der Waals surface area contributed by atoms with Crippen LogP contribution in [0.3, 0.4) is 0 Å². The molecule has 0 bridgehead atoms. The van der Waals surface area contributed by atoms with Gasteiger partial charge in [0.25, 0.3) is 15.9 Å². The summed E-state index contributed by atoms with van der Waals surface area (Å²) in [5.41, 5.74) is 0.201. The van der Waals surface area contributed by atoms with Crippen molar-refractivity contribution < 1.29 is 46.7 Å². The van der Waals surface area contributed by atoms with Crippen molar-refractivity contribution >= 4 is 56.2 Å². The van der Waals surface area contributed by atoms with E-state index in [2.05, 4.69) is 34.4 Å². The molecule has 1 saturated heterocycles. The van der Waals surface area contributed by atoms with Gasteiger partial charge >= 0.3 is 0 Å². The zero-order valence-corrected chi connectivity index (χ0v) is 37.6. The summed E-state index contributed by atoms with van der Waals surface area (Å²) in [7, 11) is -1.25. The van der Waals surface area contributed by atoms with Crippen LogP contribution in [0.4, 0.5) is 0 Å². The summed E-state index contributed by atoms with van der Waals surface area (Å²) in [4.78, 5) is 89.1. The summed E-state index contributed by atoms with van der Waals surface area (Å²) >= 11 is 0. The van der Waals surface area contributed by atoms with Crippen molar-refractivity contribution in [2.45, 2.75) is 61.1 Å². The summed E-state index contributed by atoms with van der Waals surface area (Å²) < 4.78 is 40.8. The second kappa shape index (κ2) is 21.1. The smallest absolute Gasteiger partial charge is 0.264 e. The lowest BCUT2D eigenvalue weighted by Gasteiger charge is -2.29. The number of rotatable bonds is 21. The molecule has 0 spiro atoms. The maximum Gasteiger partial charge on any atom is 0.264 e. The molecule has 17 heteroatoms. The van der Waals surface area contributed by atoms with E-state index in [1.165, 1.54) is 47.3 Å². The summed E-state index contributed by atoms with van der Waals surface area (Å²) in [6, 6.07) is 22.4. The molecule has 5 atom stereocenters. The van der Waals surface area contributed by atoms with Crippen molar-refractivity contribution in [1.82, 2.24) is 30.1 Å². The molecule has 6 rings (SSSR count). The highest BCUT2D eigenvalue weighted by atomic mass is 32.2. The molecule has 3 aromatic carbocycles. The van der Waals surface area contributed by atoms with Gasteiger partial charge in [0, 0.05) is 68.3 Å². The predicted octanol–water partition coefficient (Wildman–Crippen LogP) is 3.96. The summed E-state index contributed by atoms with van der Waals surface area (Å²) in [5.74, 6) is -2.14. The minimum absolute atomic E-state index is 0.0272. The molecule has 2 fully saturated rings. The number of terminal acetylenes is 1. The van der Waals surface area contributed by atoms with E-state index in [9.17, 15) is 37.2 Å². The number of benzene rings is 3. The number of fused-ring (bicyclic) bond motifs is 1. The first kappa shape index (κ1) is 48.1. The van der Waals surface area contributed by atoms with Gasteiger partial charge in [-0.15, -0.1) is 13.0 Å². The standard InChI is InChI=1S/C49H52N6O10S/c1-6-24-54(4)45(58)21-15-18-35(56)25-33(30-50-44(57)8-3)47(60)55-31-37(65-43-28-40(32-16-11-9-12-17-32)51-41-26-36(64-5)22-23-39(41)43)27-42(55)46(59)52-49(29-34(49)7-2)48(61)53-66(62,63)38-19-13-10-14-20-38/h1,7-14,16-17,19-20,22-23,26,28,33-34,37,42H,2-3,15,18,21,24-25,27,29-31H2,4-5H3,(H,50,57)(H,52,59)(H,53,61)/t33-,34+,37?,42-,49+/m0/s1. The molecule has 5 amide bonds. The van der Waals surface area contributed by atoms with Crippen LogP contribution in [-0.4, -0.2) is 110 Å². The van der Waals surface area contributed by atoms with Gasteiger partial charge in [0.2, 0.25) is 23.6 Å². The number of carbonyl (C=O) groups is 6. The number of hydrogen-bond donors (Lipinski definition) is 3. The van der Waals surface area contributed by atoms with Crippen LogP contribution >= 0.6 is 0 Å². The van der Waals surface area contributed by atoms with E-state index in [0.717, 1.165) is 11.6 Å². The van der Waals surface area contributed by atoms with E-state index >= 15 is 0 Å². The van der Waals surface area contributed by atoms with Crippen molar-refractivity contribution in [3.63, 3.8) is 0 Å². The number of Topliss-reactive ketones (excluding diaryl/α,β-unsaturated/α-hetero) is 1. The van der Waals surface area contributed by atoms with Gasteiger partial charge in [-0.1, -0.05) is 67.1 Å². The Morgan fingerprint density at radius 1 is 1.02 bits per heavy atom. The quantitative estimate of drug-likeness (QED) is 0.0619. The van der Waals surface area contributed by atoms with Crippen molar-refractivity contribution in [3.8, 4) is 35.1 Å². The Balaban J connectivity index is 1.32. The van der Waals surface area contributed by atoms with Crippen LogP contribution in [0, 0.1) is 24.2 Å². The van der Waals surface area contributed by atoms with Crippen LogP contribution in [-0.2, 0) is 38.8 Å². The Bertz CT molecular complexity index is 2670. The largest absolute Gasteiger partial charge is 0.497 e. The van der Waals surface area contributed by atoms with E-state index in [1.807, 2.05) is 30.3 Å². The Kier molecular flexibility index (Phi) is 15.4. The fraction of sp³-hybridized carbons (Fsp3) is 0.327. The van der Waals surface area contributed by atoms with Crippen LogP contribution < -0.4 is 24.8 Å². The number of pyridine rings is 1. The molecule has 0 radical (unpaired) electrons. The first-order valence-electron chi connectivity index (χ1n) is 21.3. The number of hydrogen-bond acceptors (Lipinski definition) is 11. The van der Waals surface area contributed by atoms with Gasteiger partial charge < -0.3 is 29.9 Å². The van der Waals surface area contributed by atoms with Crippen molar-refractivity contribution in [2.24, 2.45) is 11.8 Å². The molecule has 2 aliphatic rings. The summed E-state index contributed by atoms with van der Waals surface area (Å²) in [5, 5.41) is 5.98. The van der Waals surface area contributed by atoms with Gasteiger partial charge in [0.15, 0.2) is 0 Å². The Hall–Kier alpha value is -7.32. The summed E-state index contributed by atoms with van der Waals surface area (Å²) in [6.45, 7) is 6.90. The monoisotopic (exact) mass is 916 g/mol. The van der Waals surface area contributed by atoms with Crippen LogP contribution in [0.1, 0.15) is 38.5 Å². The lowest BCUT2D eigenvalue weighted by molar-refractivity contribution is -0.143. The van der Waals surface area contributed by atoms with E-state index in [-0.39, 0.29) is 74.7 Å². The van der Waals surface area contributed by atoms with Crippen molar-refractivity contribution in [1.29, 1.82) is 0 Å². The third-order valence-electron chi connectivity index (χ3n) is 11.7. The third-order valence-corrected chi connectivity index (χ3v) is 13.0. The number of sulfonamides is 1. The topological polar surface area (TPSA) is 210 Å². The number of methoxy groups -OCH3 is 1. The molecule has 4 aromatic rings. The van der Waals surface area contributed by atoms with Gasteiger partial charge in [0.1, 0.15) is 35.0 Å². The maximum atomic E-state index is 14.8. The summed E-state index contributed by atoms with van der Waals surface area (Å²) in [6.07, 6.45) is 6.69. The minimum atomic E-state index is -4.34. The average Bonchev–Trinajstić information content (AvgIpc) is 3.88. The number of nitrogens with zero attached hydrogens (tertiary/aromatic N) is 3. The Morgan fingerprint density at radius 3 is 2.38 bits per heavy atom. The lowest BCUT2D eigenvalue weighted by atomic mass is 9.97. The van der Waals surface area contributed by atoms with Gasteiger partial charge in [-0.2, -0.15) is 0 Å². The fourth-order valence-electron chi connectivity index (χ4n) is 7.93. The molecule has 3 N–H and O–H groups in total. The highest BCUT2D eigenvalue weighted by molar-refractivity contribution is 7.90. The second-order valence-corrected chi connectivity index (χ2v) is 17.9. The number of nitrogens with one attached hydrogen (secondary N) is 3. The first-order chi connectivity index (χ1) is 31.6. The van der Waals surface area contributed by atoms with Gasteiger partial charge in [-0.3, -0.25) is 28.8 Å². The fourth-order valence-corrected chi connectivity index (χ4v) is 8.99. The molecular formula is C49H52N6O10S. The van der Waals surface area contributed by atoms with Crippen LogP contribution in [0.25, 0.3) is 22.2 Å². The van der Waals surface area contributed by atoms with Crippen molar-refractivity contribution in [2.75, 3.05) is 33.8 Å². The molecule has 1 aliphatic heterocycles. The van der Waals surface area contributed by atoms with Gasteiger partial charge in [0.05, 0.1) is 42.2 Å². The predicted molar refractivity (Wildman–Crippen MR) is 246 cm³/mol. The SMILES string of the molecule is C#CCN(C)C(=O)CCCC(=O)C[C@@H](CNC(=O)C=C)C(=O)N1CC(Oc2cc(-c3ccccc3)nc3cc(OC)ccc23)C[C@H]1C(=O)N[C@]1(C(=O)NS(=O)(=O)c2ccccc2)C[C@H]1C=C. The molecule has 1 aromatic heterocycles. The normalized spacial score (nSPS) is 19.0. The zero-order valence-electron chi connectivity index (χ0n) is 36.7. The van der Waals surface area contributed by atoms with E-state index in [4.69, 9.17) is 20.9 Å². The number of likely N-dealkylation sites (tertiary alicyclic amines) is 1. The average molecular weight is 917 g/mol. The number of aromatic nitrogens is 1. The number of amides is 5. The van der Waals surface area contributed by atoms with E-state index in [0.29, 0.717) is 28.1 Å². The first-order valence-corrected chi connectivity index (χ1v) is 22.8. The number of carbonyl (C=O) groups excluding carboxylic acids is 6. The lowest BCUT2D eigenvalue weighted by Crippen LogP contribution is -2.57. The molecule has 1 unspecified atom stereocenters. The highest BCUT2D eigenvalue weighted by Gasteiger charge is 2.61.